The van der Waals surface area contributed by atoms with E-state index >= 15 is 0 Å². The van der Waals surface area contributed by atoms with Crippen molar-refractivity contribution in [2.75, 3.05) is 19.0 Å². The molecule has 0 amide bonds. The first-order valence-corrected chi connectivity index (χ1v) is 8.55. The van der Waals surface area contributed by atoms with Gasteiger partial charge >= 0.3 is 0 Å². The van der Waals surface area contributed by atoms with Gasteiger partial charge in [-0.3, -0.25) is 9.00 Å². The highest BCUT2D eigenvalue weighted by Gasteiger charge is 2.42. The topological polar surface area (TPSA) is 37.4 Å². The third kappa shape index (κ3) is 2.41. The smallest absolute Gasteiger partial charge is 0.166 e. The summed E-state index contributed by atoms with van der Waals surface area (Å²) >= 11 is 0. The third-order valence-corrected chi connectivity index (χ3v) is 6.75. The standard InChI is InChI=1S/C16H21NO2S/c1-17(2)13-5-3-4-11(8-13)16(18)12-9-14-6-7-15(10-12)20(14)19/h3-5,8,12,14-15H,6-7,9-10H2,1-2H3. The van der Waals surface area contributed by atoms with Gasteiger partial charge in [-0.15, -0.1) is 0 Å². The quantitative estimate of drug-likeness (QED) is 0.803. The normalized spacial score (nSPS) is 32.1. The van der Waals surface area contributed by atoms with Crippen LogP contribution in [0.25, 0.3) is 0 Å². The summed E-state index contributed by atoms with van der Waals surface area (Å²) in [5, 5.41) is 0.527. The van der Waals surface area contributed by atoms with E-state index in [0.29, 0.717) is 0 Å². The lowest BCUT2D eigenvalue weighted by atomic mass is 9.90. The molecular formula is C16H21NO2S. The average Bonchev–Trinajstić information content (AvgIpc) is 2.68. The van der Waals surface area contributed by atoms with Gasteiger partial charge in [0.2, 0.25) is 0 Å². The molecule has 108 valence electrons. The molecule has 3 nitrogen and oxygen atoms in total. The Hall–Kier alpha value is -1.16. The predicted octanol–water partition coefficient (Wildman–Crippen LogP) is 2.63. The molecule has 4 heteroatoms. The number of carbonyl (C=O) groups excluding carboxylic acids is 1. The first kappa shape index (κ1) is 13.8. The van der Waals surface area contributed by atoms with Gasteiger partial charge < -0.3 is 4.90 Å². The molecule has 0 saturated carbocycles. The second-order valence-corrected chi connectivity index (χ2v) is 8.12. The molecule has 3 rings (SSSR count). The molecule has 0 N–H and O–H groups in total. The van der Waals surface area contributed by atoms with Crippen LogP contribution in [0.4, 0.5) is 5.69 Å². The Balaban J connectivity index is 1.80. The number of Topliss-reactive ketones (excluding diaryl/α,β-unsaturated/α-hetero) is 1. The number of rotatable bonds is 3. The van der Waals surface area contributed by atoms with Gasteiger partial charge in [0.05, 0.1) is 0 Å². The second-order valence-electron chi connectivity index (χ2n) is 6.13. The fourth-order valence-electron chi connectivity index (χ4n) is 3.42. The number of carbonyl (C=O) groups is 1. The van der Waals surface area contributed by atoms with Crippen LogP contribution in [-0.4, -0.2) is 34.6 Å². The molecule has 2 atom stereocenters. The molecule has 2 heterocycles. The molecule has 2 aliphatic heterocycles. The van der Waals surface area contributed by atoms with Crippen molar-refractivity contribution in [1.82, 2.24) is 0 Å². The van der Waals surface area contributed by atoms with E-state index in [4.69, 9.17) is 0 Å². The fourth-order valence-corrected chi connectivity index (χ4v) is 5.54. The summed E-state index contributed by atoms with van der Waals surface area (Å²) in [4.78, 5) is 14.7. The molecule has 2 fully saturated rings. The van der Waals surface area contributed by atoms with Gasteiger partial charge in [0, 0.05) is 52.6 Å². The first-order chi connectivity index (χ1) is 9.56. The summed E-state index contributed by atoms with van der Waals surface area (Å²) in [5.74, 6) is 0.310. The summed E-state index contributed by atoms with van der Waals surface area (Å²) < 4.78 is 12.0. The lowest BCUT2D eigenvalue weighted by molar-refractivity contribution is 0.0906. The molecule has 2 unspecified atom stereocenters. The van der Waals surface area contributed by atoms with Gasteiger partial charge in [-0.1, -0.05) is 12.1 Å². The van der Waals surface area contributed by atoms with E-state index in [1.165, 1.54) is 0 Å². The van der Waals surface area contributed by atoms with Crippen LogP contribution in [0.15, 0.2) is 24.3 Å². The Morgan fingerprint density at radius 2 is 1.85 bits per heavy atom. The average molecular weight is 291 g/mol. The van der Waals surface area contributed by atoms with Gasteiger partial charge in [-0.25, -0.2) is 0 Å². The van der Waals surface area contributed by atoms with Crippen LogP contribution in [-0.2, 0) is 10.8 Å². The lowest BCUT2D eigenvalue weighted by Gasteiger charge is -2.26. The Labute approximate surface area is 122 Å². The van der Waals surface area contributed by atoms with Crippen molar-refractivity contribution >= 4 is 22.3 Å². The molecule has 2 saturated heterocycles. The minimum atomic E-state index is -0.684. The Morgan fingerprint density at radius 3 is 2.45 bits per heavy atom. The van der Waals surface area contributed by atoms with Crippen molar-refractivity contribution < 1.29 is 9.00 Å². The van der Waals surface area contributed by atoms with E-state index in [2.05, 4.69) is 0 Å². The van der Waals surface area contributed by atoms with Gasteiger partial charge in [-0.2, -0.15) is 0 Å². The third-order valence-electron chi connectivity index (χ3n) is 4.58. The van der Waals surface area contributed by atoms with Gasteiger partial charge in [0.15, 0.2) is 5.78 Å². The Morgan fingerprint density at radius 1 is 1.20 bits per heavy atom. The SMILES string of the molecule is CN(C)c1cccc(C(=O)C2CC3CCC(C2)S3=O)c1. The first-order valence-electron chi connectivity index (χ1n) is 7.27. The van der Waals surface area contributed by atoms with Crippen molar-refractivity contribution in [1.29, 1.82) is 0 Å². The van der Waals surface area contributed by atoms with Crippen LogP contribution in [0.2, 0.25) is 0 Å². The molecule has 0 aliphatic carbocycles. The number of benzene rings is 1. The molecule has 2 aliphatic rings. The minimum Gasteiger partial charge on any atom is -0.378 e. The molecular weight excluding hydrogens is 270 g/mol. The molecule has 1 aromatic rings. The van der Waals surface area contributed by atoms with Crippen LogP contribution in [0, 0.1) is 5.92 Å². The molecule has 0 spiro atoms. The molecule has 0 radical (unpaired) electrons. The zero-order chi connectivity index (χ0) is 14.3. The summed E-state index contributed by atoms with van der Waals surface area (Å²) in [6.45, 7) is 0. The summed E-state index contributed by atoms with van der Waals surface area (Å²) in [7, 11) is 3.28. The van der Waals surface area contributed by atoms with E-state index in [9.17, 15) is 9.00 Å². The number of fused-ring (bicyclic) bond motifs is 2. The maximum atomic E-state index is 12.7. The Bertz CT molecular complexity index is 539. The highest BCUT2D eigenvalue weighted by atomic mass is 32.2. The summed E-state index contributed by atoms with van der Waals surface area (Å²) in [6.07, 6.45) is 3.71. The van der Waals surface area contributed by atoms with Crippen molar-refractivity contribution in [2.45, 2.75) is 36.2 Å². The highest BCUT2D eigenvalue weighted by Crippen LogP contribution is 2.39. The van der Waals surface area contributed by atoms with Crippen molar-refractivity contribution in [2.24, 2.45) is 5.92 Å². The van der Waals surface area contributed by atoms with E-state index in [-0.39, 0.29) is 22.2 Å². The van der Waals surface area contributed by atoms with Gasteiger partial charge in [0.25, 0.3) is 0 Å². The lowest BCUT2D eigenvalue weighted by Crippen LogP contribution is -2.32. The van der Waals surface area contributed by atoms with Crippen molar-refractivity contribution in [3.8, 4) is 0 Å². The van der Waals surface area contributed by atoms with E-state index in [0.717, 1.165) is 36.9 Å². The monoisotopic (exact) mass is 291 g/mol. The van der Waals surface area contributed by atoms with E-state index in [1.54, 1.807) is 0 Å². The number of anilines is 1. The second kappa shape index (κ2) is 5.32. The molecule has 2 bridgehead atoms. The highest BCUT2D eigenvalue weighted by molar-refractivity contribution is 7.86. The largest absolute Gasteiger partial charge is 0.378 e. The minimum absolute atomic E-state index is 0.0719. The van der Waals surface area contributed by atoms with Crippen molar-refractivity contribution in [3.05, 3.63) is 29.8 Å². The zero-order valence-electron chi connectivity index (χ0n) is 12.0. The fraction of sp³-hybridized carbons (Fsp3) is 0.562. The molecule has 20 heavy (non-hydrogen) atoms. The maximum Gasteiger partial charge on any atom is 0.166 e. The molecule has 0 aromatic heterocycles. The van der Waals surface area contributed by atoms with Crippen molar-refractivity contribution in [3.63, 3.8) is 0 Å². The number of ketones is 1. The van der Waals surface area contributed by atoms with E-state index in [1.807, 2.05) is 43.3 Å². The number of hydrogen-bond acceptors (Lipinski definition) is 3. The summed E-state index contributed by atoms with van der Waals surface area (Å²) in [5.41, 5.74) is 1.85. The number of nitrogens with zero attached hydrogens (tertiary/aromatic N) is 1. The zero-order valence-corrected chi connectivity index (χ0v) is 12.9. The van der Waals surface area contributed by atoms with Gasteiger partial charge in [0.1, 0.15) is 0 Å². The van der Waals surface area contributed by atoms with Crippen LogP contribution in [0.5, 0.6) is 0 Å². The summed E-state index contributed by atoms with van der Waals surface area (Å²) in [6, 6.07) is 7.83. The van der Waals surface area contributed by atoms with Crippen LogP contribution < -0.4 is 4.90 Å². The Kier molecular flexibility index (Phi) is 3.67. The van der Waals surface area contributed by atoms with Crippen LogP contribution in [0.3, 0.4) is 0 Å². The van der Waals surface area contributed by atoms with Crippen LogP contribution in [0.1, 0.15) is 36.0 Å². The van der Waals surface area contributed by atoms with Crippen LogP contribution >= 0.6 is 0 Å². The molecule has 1 aromatic carbocycles. The predicted molar refractivity (Wildman–Crippen MR) is 82.8 cm³/mol. The maximum absolute atomic E-state index is 12.7. The number of hydrogen-bond donors (Lipinski definition) is 0. The van der Waals surface area contributed by atoms with Gasteiger partial charge in [-0.05, 0) is 37.8 Å². The van der Waals surface area contributed by atoms with E-state index < -0.39 is 10.8 Å².